The second-order valence-corrected chi connectivity index (χ2v) is 4.91. The van der Waals surface area contributed by atoms with Gasteiger partial charge in [0.1, 0.15) is 11.8 Å². The average Bonchev–Trinajstić information content (AvgIpc) is 2.44. The number of carbonyl (C=O) groups is 2. The van der Waals surface area contributed by atoms with Gasteiger partial charge in [-0.2, -0.15) is 0 Å². The first kappa shape index (κ1) is 14.4. The Labute approximate surface area is 118 Å². The molecule has 0 aliphatic carbocycles. The number of aryl methyl sites for hydroxylation is 1. The molecular weight excluding hydrogens is 256 g/mol. The molecule has 108 valence electrons. The van der Waals surface area contributed by atoms with Gasteiger partial charge in [-0.05, 0) is 31.0 Å². The second kappa shape index (κ2) is 6.41. The molecule has 1 aromatic carbocycles. The van der Waals surface area contributed by atoms with E-state index in [1.165, 1.54) is 0 Å². The average molecular weight is 276 g/mol. The van der Waals surface area contributed by atoms with Crippen molar-refractivity contribution < 1.29 is 14.3 Å². The molecule has 1 aliphatic heterocycles. The maximum absolute atomic E-state index is 12.2. The van der Waals surface area contributed by atoms with Gasteiger partial charge in [-0.25, -0.2) is 0 Å². The normalized spacial score (nSPS) is 18.6. The molecule has 2 rings (SSSR count). The molecule has 1 heterocycles. The van der Waals surface area contributed by atoms with E-state index in [2.05, 4.69) is 5.32 Å². The molecule has 1 aliphatic rings. The highest BCUT2D eigenvalue weighted by Gasteiger charge is 2.31. The molecule has 0 aromatic heterocycles. The topological polar surface area (TPSA) is 58.6 Å². The molecule has 1 aromatic rings. The summed E-state index contributed by atoms with van der Waals surface area (Å²) in [6, 6.07) is 7.18. The summed E-state index contributed by atoms with van der Waals surface area (Å²) in [5.41, 5.74) is 1.08. The van der Waals surface area contributed by atoms with Crippen molar-refractivity contribution in [1.29, 1.82) is 0 Å². The summed E-state index contributed by atoms with van der Waals surface area (Å²) in [5, 5.41) is 2.78. The Hall–Kier alpha value is -2.04. The Bertz CT molecular complexity index is 502. The summed E-state index contributed by atoms with van der Waals surface area (Å²) < 4.78 is 5.51. The van der Waals surface area contributed by atoms with Gasteiger partial charge in [-0.3, -0.25) is 9.59 Å². The lowest BCUT2D eigenvalue weighted by atomic mass is 10.1. The lowest BCUT2D eigenvalue weighted by Gasteiger charge is -2.34. The van der Waals surface area contributed by atoms with Gasteiger partial charge in [-0.15, -0.1) is 0 Å². The third kappa shape index (κ3) is 3.29. The van der Waals surface area contributed by atoms with Gasteiger partial charge in [0.15, 0.2) is 6.61 Å². The van der Waals surface area contributed by atoms with Crippen LogP contribution in [0.1, 0.15) is 18.9 Å². The molecule has 5 heteroatoms. The predicted molar refractivity (Wildman–Crippen MR) is 75.5 cm³/mol. The number of piperazine rings is 1. The summed E-state index contributed by atoms with van der Waals surface area (Å²) in [4.78, 5) is 25.5. The number of hydrogen-bond donors (Lipinski definition) is 1. The van der Waals surface area contributed by atoms with Crippen molar-refractivity contribution in [2.75, 3.05) is 19.7 Å². The minimum Gasteiger partial charge on any atom is -0.484 e. The number of amides is 2. The first-order valence-corrected chi connectivity index (χ1v) is 6.88. The van der Waals surface area contributed by atoms with Gasteiger partial charge in [0.2, 0.25) is 5.91 Å². The lowest BCUT2D eigenvalue weighted by Crippen LogP contribution is -2.57. The molecule has 1 N–H and O–H groups in total. The fraction of sp³-hybridized carbons (Fsp3) is 0.467. The van der Waals surface area contributed by atoms with Crippen LogP contribution in [0.5, 0.6) is 5.75 Å². The summed E-state index contributed by atoms with van der Waals surface area (Å²) in [6.07, 6.45) is 0.613. The van der Waals surface area contributed by atoms with Crippen LogP contribution in [0.2, 0.25) is 0 Å². The molecule has 1 atom stereocenters. The van der Waals surface area contributed by atoms with Crippen LogP contribution in [-0.2, 0) is 9.59 Å². The second-order valence-electron chi connectivity index (χ2n) is 4.91. The van der Waals surface area contributed by atoms with Crippen molar-refractivity contribution in [3.63, 3.8) is 0 Å². The Kier molecular flexibility index (Phi) is 4.61. The molecule has 0 bridgehead atoms. The van der Waals surface area contributed by atoms with Gasteiger partial charge >= 0.3 is 0 Å². The number of nitrogens with zero attached hydrogens (tertiary/aromatic N) is 1. The molecule has 5 nitrogen and oxygen atoms in total. The molecule has 1 saturated heterocycles. The van der Waals surface area contributed by atoms with Crippen LogP contribution in [0, 0.1) is 6.92 Å². The van der Waals surface area contributed by atoms with E-state index in [1.807, 2.05) is 38.1 Å². The molecule has 1 unspecified atom stereocenters. The zero-order valence-corrected chi connectivity index (χ0v) is 11.9. The van der Waals surface area contributed by atoms with Gasteiger partial charge in [0, 0.05) is 13.1 Å². The summed E-state index contributed by atoms with van der Waals surface area (Å²) in [6.45, 7) is 4.88. The molecule has 0 spiro atoms. The van der Waals surface area contributed by atoms with E-state index in [-0.39, 0.29) is 24.5 Å². The fourth-order valence-electron chi connectivity index (χ4n) is 2.35. The first-order valence-electron chi connectivity index (χ1n) is 6.88. The number of hydrogen-bond acceptors (Lipinski definition) is 3. The summed E-state index contributed by atoms with van der Waals surface area (Å²) in [7, 11) is 0. The Balaban J connectivity index is 1.95. The van der Waals surface area contributed by atoms with Gasteiger partial charge in [-0.1, -0.05) is 19.1 Å². The number of nitrogens with one attached hydrogen (secondary N) is 1. The van der Waals surface area contributed by atoms with Crippen LogP contribution in [-0.4, -0.2) is 42.5 Å². The summed E-state index contributed by atoms with van der Waals surface area (Å²) >= 11 is 0. The highest BCUT2D eigenvalue weighted by Crippen LogP contribution is 2.14. The molecule has 0 saturated carbocycles. The van der Waals surface area contributed by atoms with E-state index in [9.17, 15) is 9.59 Å². The fourth-order valence-corrected chi connectivity index (χ4v) is 2.35. The van der Waals surface area contributed by atoms with Gasteiger partial charge in [0.25, 0.3) is 5.91 Å². The molecule has 2 amide bonds. The van der Waals surface area contributed by atoms with Crippen LogP contribution in [0.4, 0.5) is 0 Å². The highest BCUT2D eigenvalue weighted by molar-refractivity contribution is 5.89. The van der Waals surface area contributed by atoms with E-state index in [0.29, 0.717) is 25.3 Å². The standard InChI is InChI=1S/C15H20N2O3/c1-3-13-15(19)16-7-8-17(13)14(18)10-20-12-6-4-5-11(2)9-12/h4-6,9,13H,3,7-8,10H2,1-2H3,(H,16,19). The highest BCUT2D eigenvalue weighted by atomic mass is 16.5. The first-order chi connectivity index (χ1) is 9.61. The SMILES string of the molecule is CCC1C(=O)NCCN1C(=O)COc1cccc(C)c1. The van der Waals surface area contributed by atoms with Gasteiger partial charge in [0.05, 0.1) is 0 Å². The van der Waals surface area contributed by atoms with E-state index in [4.69, 9.17) is 4.74 Å². The predicted octanol–water partition coefficient (Wildman–Crippen LogP) is 1.11. The number of benzene rings is 1. The molecular formula is C15H20N2O3. The monoisotopic (exact) mass is 276 g/mol. The van der Waals surface area contributed by atoms with Crippen LogP contribution < -0.4 is 10.1 Å². The molecule has 20 heavy (non-hydrogen) atoms. The van der Waals surface area contributed by atoms with E-state index < -0.39 is 0 Å². The van der Waals surface area contributed by atoms with Crippen LogP contribution in [0.3, 0.4) is 0 Å². The number of ether oxygens (including phenoxy) is 1. The van der Waals surface area contributed by atoms with Crippen LogP contribution >= 0.6 is 0 Å². The van der Waals surface area contributed by atoms with E-state index in [1.54, 1.807) is 4.90 Å². The van der Waals surface area contributed by atoms with Crippen molar-refractivity contribution >= 4 is 11.8 Å². The number of rotatable bonds is 4. The third-order valence-corrected chi connectivity index (χ3v) is 3.39. The number of carbonyl (C=O) groups excluding carboxylic acids is 2. The van der Waals surface area contributed by atoms with E-state index in [0.717, 1.165) is 5.56 Å². The molecule has 1 fully saturated rings. The zero-order valence-electron chi connectivity index (χ0n) is 11.9. The maximum atomic E-state index is 12.2. The largest absolute Gasteiger partial charge is 0.484 e. The minimum atomic E-state index is -0.377. The van der Waals surface area contributed by atoms with Crippen molar-refractivity contribution in [2.24, 2.45) is 0 Å². The quantitative estimate of drug-likeness (QED) is 0.896. The third-order valence-electron chi connectivity index (χ3n) is 3.39. The Morgan fingerprint density at radius 2 is 2.30 bits per heavy atom. The Morgan fingerprint density at radius 1 is 1.50 bits per heavy atom. The van der Waals surface area contributed by atoms with Gasteiger partial charge < -0.3 is 15.0 Å². The van der Waals surface area contributed by atoms with Crippen molar-refractivity contribution in [2.45, 2.75) is 26.3 Å². The maximum Gasteiger partial charge on any atom is 0.261 e. The van der Waals surface area contributed by atoms with E-state index >= 15 is 0 Å². The summed E-state index contributed by atoms with van der Waals surface area (Å²) in [5.74, 6) is 0.448. The van der Waals surface area contributed by atoms with Crippen molar-refractivity contribution in [3.05, 3.63) is 29.8 Å². The Morgan fingerprint density at radius 3 is 3.00 bits per heavy atom. The molecule has 0 radical (unpaired) electrons. The smallest absolute Gasteiger partial charge is 0.261 e. The van der Waals surface area contributed by atoms with Crippen LogP contribution in [0.25, 0.3) is 0 Å². The van der Waals surface area contributed by atoms with Crippen LogP contribution in [0.15, 0.2) is 24.3 Å². The minimum absolute atomic E-state index is 0.0345. The van der Waals surface area contributed by atoms with Crippen molar-refractivity contribution in [3.8, 4) is 5.75 Å². The zero-order chi connectivity index (χ0) is 14.5. The lowest BCUT2D eigenvalue weighted by molar-refractivity contribution is -0.144. The van der Waals surface area contributed by atoms with Crippen molar-refractivity contribution in [1.82, 2.24) is 10.2 Å².